The minimum absolute atomic E-state index is 0.676. The first-order chi connectivity index (χ1) is 5.45. The molecule has 0 amide bonds. The van der Waals surface area contributed by atoms with E-state index >= 15 is 0 Å². The molecule has 0 saturated carbocycles. The molecule has 1 aromatic rings. The van der Waals surface area contributed by atoms with Gasteiger partial charge in [0.2, 0.25) is 0 Å². The van der Waals surface area contributed by atoms with Gasteiger partial charge in [-0.1, -0.05) is 0 Å². The highest BCUT2D eigenvalue weighted by molar-refractivity contribution is 4.98. The van der Waals surface area contributed by atoms with Gasteiger partial charge in [0, 0.05) is 24.4 Å². The zero-order chi connectivity index (χ0) is 7.52. The Labute approximate surface area is 66.2 Å². The first kappa shape index (κ1) is 6.85. The third kappa shape index (κ3) is 1.60. The highest BCUT2D eigenvalue weighted by atomic mass is 14.9. The SMILES string of the molecule is c1ncc(CC2CCCN2)[nH]1. The molecular weight excluding hydrogens is 138 g/mol. The number of nitrogens with zero attached hydrogens (tertiary/aromatic N) is 1. The normalized spacial score (nSPS) is 24.2. The van der Waals surface area contributed by atoms with Gasteiger partial charge < -0.3 is 10.3 Å². The fourth-order valence-electron chi connectivity index (χ4n) is 1.59. The number of H-pyrrole nitrogens is 1. The standard InChI is InChI=1S/C8H13N3/c1-2-7(10-3-1)4-8-5-9-6-11-8/h5-7,10H,1-4H2,(H,9,11). The van der Waals surface area contributed by atoms with E-state index in [1.54, 1.807) is 6.33 Å². The number of hydrogen-bond acceptors (Lipinski definition) is 2. The molecule has 2 heterocycles. The largest absolute Gasteiger partial charge is 0.348 e. The lowest BCUT2D eigenvalue weighted by Gasteiger charge is -2.06. The van der Waals surface area contributed by atoms with Crippen molar-refractivity contribution in [3.8, 4) is 0 Å². The van der Waals surface area contributed by atoms with E-state index in [4.69, 9.17) is 0 Å². The lowest BCUT2D eigenvalue weighted by molar-refractivity contribution is 0.596. The quantitative estimate of drug-likeness (QED) is 0.653. The van der Waals surface area contributed by atoms with Crippen LogP contribution in [0.1, 0.15) is 18.5 Å². The molecule has 1 aliphatic rings. The lowest BCUT2D eigenvalue weighted by Crippen LogP contribution is -2.23. The summed E-state index contributed by atoms with van der Waals surface area (Å²) in [6.45, 7) is 1.18. The summed E-state index contributed by atoms with van der Waals surface area (Å²) in [5.74, 6) is 0. The number of nitrogens with one attached hydrogen (secondary N) is 2. The number of aromatic nitrogens is 2. The molecule has 3 heteroatoms. The summed E-state index contributed by atoms with van der Waals surface area (Å²) < 4.78 is 0. The average molecular weight is 151 g/mol. The third-order valence-electron chi connectivity index (χ3n) is 2.18. The van der Waals surface area contributed by atoms with Gasteiger partial charge in [0.25, 0.3) is 0 Å². The van der Waals surface area contributed by atoms with Crippen molar-refractivity contribution >= 4 is 0 Å². The molecule has 3 nitrogen and oxygen atoms in total. The van der Waals surface area contributed by atoms with Gasteiger partial charge in [-0.2, -0.15) is 0 Å². The van der Waals surface area contributed by atoms with E-state index in [-0.39, 0.29) is 0 Å². The maximum Gasteiger partial charge on any atom is 0.0921 e. The van der Waals surface area contributed by atoms with Gasteiger partial charge in [-0.3, -0.25) is 0 Å². The minimum Gasteiger partial charge on any atom is -0.348 e. The molecular formula is C8H13N3. The average Bonchev–Trinajstić information content (AvgIpc) is 2.60. The molecule has 0 aromatic carbocycles. The molecule has 0 radical (unpaired) electrons. The maximum absolute atomic E-state index is 3.98. The van der Waals surface area contributed by atoms with Crippen molar-refractivity contribution in [1.82, 2.24) is 15.3 Å². The van der Waals surface area contributed by atoms with Crippen molar-refractivity contribution < 1.29 is 0 Å². The van der Waals surface area contributed by atoms with Crippen LogP contribution in [0.4, 0.5) is 0 Å². The van der Waals surface area contributed by atoms with Gasteiger partial charge >= 0.3 is 0 Å². The Morgan fingerprint density at radius 2 is 2.64 bits per heavy atom. The van der Waals surface area contributed by atoms with Crippen LogP contribution < -0.4 is 5.32 Å². The zero-order valence-electron chi connectivity index (χ0n) is 6.51. The second kappa shape index (κ2) is 3.05. The topological polar surface area (TPSA) is 40.7 Å². The number of aromatic amines is 1. The fourth-order valence-corrected chi connectivity index (χ4v) is 1.59. The summed E-state index contributed by atoms with van der Waals surface area (Å²) in [5, 5.41) is 3.45. The predicted molar refractivity (Wildman–Crippen MR) is 43.3 cm³/mol. The first-order valence-corrected chi connectivity index (χ1v) is 4.16. The van der Waals surface area contributed by atoms with Crippen LogP contribution in [0, 0.1) is 0 Å². The van der Waals surface area contributed by atoms with Gasteiger partial charge in [-0.15, -0.1) is 0 Å². The molecule has 0 aliphatic carbocycles. The first-order valence-electron chi connectivity index (χ1n) is 4.16. The Kier molecular flexibility index (Phi) is 1.90. The van der Waals surface area contributed by atoms with Crippen molar-refractivity contribution in [2.75, 3.05) is 6.54 Å². The fraction of sp³-hybridized carbons (Fsp3) is 0.625. The summed E-state index contributed by atoms with van der Waals surface area (Å²) in [6, 6.07) is 0.676. The van der Waals surface area contributed by atoms with Crippen molar-refractivity contribution in [1.29, 1.82) is 0 Å². The molecule has 1 saturated heterocycles. The highest BCUT2D eigenvalue weighted by Gasteiger charge is 2.14. The van der Waals surface area contributed by atoms with Gasteiger partial charge in [0.05, 0.1) is 6.33 Å². The molecule has 0 spiro atoms. The summed E-state index contributed by atoms with van der Waals surface area (Å²) in [5.41, 5.74) is 1.24. The molecule has 2 N–H and O–H groups in total. The van der Waals surface area contributed by atoms with Gasteiger partial charge in [-0.05, 0) is 19.4 Å². The van der Waals surface area contributed by atoms with Crippen molar-refractivity contribution in [3.05, 3.63) is 18.2 Å². The smallest absolute Gasteiger partial charge is 0.0921 e. The van der Waals surface area contributed by atoms with Crippen LogP contribution in [-0.2, 0) is 6.42 Å². The zero-order valence-corrected chi connectivity index (χ0v) is 6.51. The van der Waals surface area contributed by atoms with Crippen LogP contribution in [0.3, 0.4) is 0 Å². The molecule has 0 bridgehead atoms. The Morgan fingerprint density at radius 3 is 3.27 bits per heavy atom. The van der Waals surface area contributed by atoms with Gasteiger partial charge in [-0.25, -0.2) is 4.98 Å². The van der Waals surface area contributed by atoms with Crippen LogP contribution in [0.2, 0.25) is 0 Å². The monoisotopic (exact) mass is 151 g/mol. The molecule has 2 rings (SSSR count). The van der Waals surface area contributed by atoms with E-state index in [0.29, 0.717) is 6.04 Å². The van der Waals surface area contributed by atoms with Crippen LogP contribution in [0.15, 0.2) is 12.5 Å². The van der Waals surface area contributed by atoms with Gasteiger partial charge in [0.15, 0.2) is 0 Å². The molecule has 60 valence electrons. The number of rotatable bonds is 2. The molecule has 1 atom stereocenters. The van der Waals surface area contributed by atoms with Crippen molar-refractivity contribution in [2.45, 2.75) is 25.3 Å². The van der Waals surface area contributed by atoms with Crippen LogP contribution in [0.25, 0.3) is 0 Å². The number of hydrogen-bond donors (Lipinski definition) is 2. The molecule has 11 heavy (non-hydrogen) atoms. The van der Waals surface area contributed by atoms with E-state index in [1.165, 1.54) is 25.1 Å². The van der Waals surface area contributed by atoms with E-state index in [2.05, 4.69) is 15.3 Å². The molecule has 1 aliphatic heterocycles. The maximum atomic E-state index is 3.98. The predicted octanol–water partition coefficient (Wildman–Crippen LogP) is 0.704. The van der Waals surface area contributed by atoms with Crippen LogP contribution in [-0.4, -0.2) is 22.6 Å². The second-order valence-corrected chi connectivity index (χ2v) is 3.07. The summed E-state index contributed by atoms with van der Waals surface area (Å²) >= 11 is 0. The van der Waals surface area contributed by atoms with Crippen LogP contribution in [0.5, 0.6) is 0 Å². The van der Waals surface area contributed by atoms with E-state index in [1.807, 2.05) is 6.20 Å². The van der Waals surface area contributed by atoms with Crippen molar-refractivity contribution in [2.24, 2.45) is 0 Å². The molecule has 1 fully saturated rings. The highest BCUT2D eigenvalue weighted by Crippen LogP contribution is 2.09. The lowest BCUT2D eigenvalue weighted by atomic mass is 10.1. The second-order valence-electron chi connectivity index (χ2n) is 3.07. The third-order valence-corrected chi connectivity index (χ3v) is 2.18. The Balaban J connectivity index is 1.90. The van der Waals surface area contributed by atoms with Gasteiger partial charge in [0.1, 0.15) is 0 Å². The Hall–Kier alpha value is -0.830. The Bertz CT molecular complexity index is 199. The van der Waals surface area contributed by atoms with E-state index in [9.17, 15) is 0 Å². The van der Waals surface area contributed by atoms with E-state index in [0.717, 1.165) is 6.42 Å². The van der Waals surface area contributed by atoms with E-state index < -0.39 is 0 Å². The molecule has 1 aromatic heterocycles. The van der Waals surface area contributed by atoms with Crippen LogP contribution >= 0.6 is 0 Å². The summed E-state index contributed by atoms with van der Waals surface area (Å²) in [7, 11) is 0. The summed E-state index contributed by atoms with van der Waals surface area (Å²) in [4.78, 5) is 7.09. The molecule has 1 unspecified atom stereocenters. The Morgan fingerprint density at radius 1 is 1.64 bits per heavy atom. The number of imidazole rings is 1. The summed E-state index contributed by atoms with van der Waals surface area (Å²) in [6.07, 6.45) is 7.36. The minimum atomic E-state index is 0.676. The van der Waals surface area contributed by atoms with Crippen molar-refractivity contribution in [3.63, 3.8) is 0 Å².